The van der Waals surface area contributed by atoms with Gasteiger partial charge in [0.1, 0.15) is 34.4 Å². The van der Waals surface area contributed by atoms with E-state index < -0.39 is 62.9 Å². The molecular formula is C30H24F3N3O9S4. The third-order valence-electron chi connectivity index (χ3n) is 6.52. The Balaban J connectivity index is 1.46. The number of methoxy groups -OCH3 is 1. The minimum Gasteiger partial charge on any atom is -0.497 e. The summed E-state index contributed by atoms with van der Waals surface area (Å²) in [6, 6.07) is 19.7. The smallest absolute Gasteiger partial charge is 0.497 e. The van der Waals surface area contributed by atoms with Gasteiger partial charge in [0.25, 0.3) is 11.8 Å². The summed E-state index contributed by atoms with van der Waals surface area (Å²) < 4.78 is 85.3. The Morgan fingerprint density at radius 3 is 2.29 bits per heavy atom. The number of rotatable bonds is 13. The number of likely N-dealkylation sites (tertiary alicyclic amines) is 1. The minimum atomic E-state index is -6.27. The molecule has 4 aromatic rings. The highest BCUT2D eigenvalue weighted by Crippen LogP contribution is 2.46. The molecule has 0 unspecified atom stereocenters. The van der Waals surface area contributed by atoms with Gasteiger partial charge in [-0.1, -0.05) is 41.1 Å². The summed E-state index contributed by atoms with van der Waals surface area (Å²) >= 11 is 1.31. The molecule has 0 radical (unpaired) electrons. The molecule has 0 aliphatic carbocycles. The van der Waals surface area contributed by atoms with E-state index in [-0.39, 0.29) is 5.75 Å². The number of nitrogens with zero attached hydrogens (tertiary/aromatic N) is 2. The summed E-state index contributed by atoms with van der Waals surface area (Å²) in [7, 11) is -2.88. The number of para-hydroxylation sites is 2. The number of esters is 1. The van der Waals surface area contributed by atoms with Gasteiger partial charge < -0.3 is 23.7 Å². The fourth-order valence-corrected chi connectivity index (χ4v) is 8.67. The number of ether oxygens (including phenoxy) is 3. The number of allylic oxidation sites excluding steroid dienone is 1. The second kappa shape index (κ2) is 15.0. The molecule has 2 amide bonds. The van der Waals surface area contributed by atoms with Gasteiger partial charge in [-0.3, -0.25) is 14.5 Å². The topological polar surface area (TPSA) is 150 Å². The van der Waals surface area contributed by atoms with Crippen molar-refractivity contribution in [3.63, 3.8) is 0 Å². The Hall–Kier alpha value is -4.46. The fourth-order valence-electron chi connectivity index (χ4n) is 4.25. The number of aromatic nitrogens is 1. The standard InChI is InChI=1S/C30H24F3N3O9S4/c1-17(45-49(40,41)30(31,32)33)25(28(39)44-20-14-12-18(42-2)13-15-20)36-26(38)24(35-23(37)16-43-19-8-4-3-5-9-19)27(36)47-48-29-34-21-10-6-7-11-22(21)46-29/h3-15,24,27H,16H2,1-2H3,(H,35,37)/b25-17+/t24-,27-/m1/s1. The molecule has 3 aromatic carbocycles. The molecule has 258 valence electrons. The van der Waals surface area contributed by atoms with Crippen molar-refractivity contribution >= 4 is 71.0 Å². The van der Waals surface area contributed by atoms with Gasteiger partial charge in [-0.05, 0) is 66.2 Å². The van der Waals surface area contributed by atoms with Gasteiger partial charge in [-0.25, -0.2) is 9.78 Å². The molecule has 1 aliphatic rings. The fraction of sp³-hybridized carbons (Fsp3) is 0.200. The number of halogens is 3. The van der Waals surface area contributed by atoms with E-state index in [0.717, 1.165) is 33.2 Å². The van der Waals surface area contributed by atoms with Crippen LogP contribution in [0.3, 0.4) is 0 Å². The molecule has 0 spiro atoms. The quantitative estimate of drug-likeness (QED) is 0.0269. The maximum Gasteiger partial charge on any atom is 0.534 e. The number of carbonyl (C=O) groups is 3. The van der Waals surface area contributed by atoms with Crippen LogP contribution in [0.5, 0.6) is 17.2 Å². The van der Waals surface area contributed by atoms with Crippen molar-refractivity contribution < 1.29 is 54.4 Å². The van der Waals surface area contributed by atoms with Crippen molar-refractivity contribution in [2.24, 2.45) is 0 Å². The van der Waals surface area contributed by atoms with E-state index in [9.17, 15) is 36.0 Å². The molecule has 19 heteroatoms. The maximum absolute atomic E-state index is 13.6. The molecule has 1 saturated heterocycles. The number of fused-ring (bicyclic) bond motifs is 1. The number of carbonyl (C=O) groups excluding carboxylic acids is 3. The predicted molar refractivity (Wildman–Crippen MR) is 175 cm³/mol. The molecule has 2 atom stereocenters. The monoisotopic (exact) mass is 755 g/mol. The van der Waals surface area contributed by atoms with E-state index >= 15 is 0 Å². The molecule has 5 rings (SSSR count). The first-order valence-corrected chi connectivity index (χ1v) is 18.3. The lowest BCUT2D eigenvalue weighted by Gasteiger charge is -2.46. The Kier molecular flexibility index (Phi) is 11.0. The number of thiazole rings is 1. The van der Waals surface area contributed by atoms with Crippen LogP contribution < -0.4 is 19.5 Å². The van der Waals surface area contributed by atoms with Crippen LogP contribution in [-0.2, 0) is 28.7 Å². The number of alkyl halides is 3. The molecule has 49 heavy (non-hydrogen) atoms. The first-order valence-electron chi connectivity index (χ1n) is 13.8. The molecule has 0 bridgehead atoms. The third-order valence-corrected chi connectivity index (χ3v) is 11.6. The minimum absolute atomic E-state index is 0.112. The average Bonchev–Trinajstić information content (AvgIpc) is 3.49. The van der Waals surface area contributed by atoms with Crippen LogP contribution in [0.15, 0.2) is 94.7 Å². The molecule has 1 fully saturated rings. The lowest BCUT2D eigenvalue weighted by atomic mass is 10.1. The maximum atomic E-state index is 13.6. The van der Waals surface area contributed by atoms with Crippen LogP contribution in [-0.4, -0.2) is 66.7 Å². The van der Waals surface area contributed by atoms with Gasteiger partial charge in [-0.2, -0.15) is 21.6 Å². The Morgan fingerprint density at radius 1 is 0.980 bits per heavy atom. The number of benzene rings is 3. The number of hydrogen-bond acceptors (Lipinski definition) is 13. The highest BCUT2D eigenvalue weighted by Gasteiger charge is 2.55. The highest BCUT2D eigenvalue weighted by molar-refractivity contribution is 8.77. The second-order valence-electron chi connectivity index (χ2n) is 9.83. The van der Waals surface area contributed by atoms with Crippen LogP contribution in [0.2, 0.25) is 0 Å². The summed E-state index contributed by atoms with van der Waals surface area (Å²) in [4.78, 5) is 45.3. The van der Waals surface area contributed by atoms with Crippen LogP contribution in [0.1, 0.15) is 6.92 Å². The van der Waals surface area contributed by atoms with Crippen LogP contribution in [0.4, 0.5) is 13.2 Å². The van der Waals surface area contributed by atoms with E-state index in [4.69, 9.17) is 14.2 Å². The summed E-state index contributed by atoms with van der Waals surface area (Å²) in [6.07, 6.45) is 0. The first-order chi connectivity index (χ1) is 23.3. The predicted octanol–water partition coefficient (Wildman–Crippen LogP) is 5.48. The van der Waals surface area contributed by atoms with Gasteiger partial charge in [-0.15, -0.1) is 11.3 Å². The van der Waals surface area contributed by atoms with Gasteiger partial charge in [0.05, 0.1) is 17.3 Å². The average molecular weight is 756 g/mol. The summed E-state index contributed by atoms with van der Waals surface area (Å²) in [5.74, 6) is -3.55. The second-order valence-corrected chi connectivity index (χ2v) is 15.0. The van der Waals surface area contributed by atoms with Crippen LogP contribution >= 0.6 is 32.9 Å². The van der Waals surface area contributed by atoms with Crippen molar-refractivity contribution in [1.29, 1.82) is 0 Å². The SMILES string of the molecule is COc1ccc(OC(=O)/C(=C(/C)OS(=O)(=O)C(F)(F)F)N2C(=O)[C@@H](NC(=O)COc3ccccc3)[C@H]2SSc2nc3ccccc3s2)cc1. The van der Waals surface area contributed by atoms with Gasteiger partial charge in [0, 0.05) is 0 Å². The molecule has 1 aliphatic heterocycles. The highest BCUT2D eigenvalue weighted by atomic mass is 33.1. The van der Waals surface area contributed by atoms with E-state index in [0.29, 0.717) is 26.3 Å². The van der Waals surface area contributed by atoms with E-state index in [1.54, 1.807) is 42.5 Å². The van der Waals surface area contributed by atoms with Gasteiger partial charge in [0.2, 0.25) is 0 Å². The zero-order chi connectivity index (χ0) is 35.3. The largest absolute Gasteiger partial charge is 0.534 e. The summed E-state index contributed by atoms with van der Waals surface area (Å²) in [5.41, 5.74) is -6.11. The molecule has 1 N–H and O–H groups in total. The number of nitrogens with one attached hydrogen (secondary N) is 1. The Morgan fingerprint density at radius 2 is 1.63 bits per heavy atom. The molecule has 2 heterocycles. The van der Waals surface area contributed by atoms with Crippen LogP contribution in [0, 0.1) is 0 Å². The van der Waals surface area contributed by atoms with Crippen molar-refractivity contribution in [2.75, 3.05) is 13.7 Å². The van der Waals surface area contributed by atoms with Crippen LogP contribution in [0.25, 0.3) is 10.2 Å². The normalized spacial score (nSPS) is 16.8. The molecule has 1 aromatic heterocycles. The van der Waals surface area contributed by atoms with Gasteiger partial charge >= 0.3 is 21.6 Å². The summed E-state index contributed by atoms with van der Waals surface area (Å²) in [5, 5.41) is 1.31. The zero-order valence-electron chi connectivity index (χ0n) is 25.2. The molecular weight excluding hydrogens is 732 g/mol. The molecule has 12 nitrogen and oxygen atoms in total. The number of hydrogen-bond donors (Lipinski definition) is 1. The van der Waals surface area contributed by atoms with E-state index in [1.807, 2.05) is 12.1 Å². The van der Waals surface area contributed by atoms with Gasteiger partial charge in [0.15, 0.2) is 16.6 Å². The van der Waals surface area contributed by atoms with E-state index in [1.165, 1.54) is 42.7 Å². The Bertz CT molecular complexity index is 1960. The van der Waals surface area contributed by atoms with Crippen molar-refractivity contribution in [3.05, 3.63) is 90.3 Å². The van der Waals surface area contributed by atoms with Crippen molar-refractivity contribution in [1.82, 2.24) is 15.2 Å². The Labute approximate surface area is 289 Å². The summed E-state index contributed by atoms with van der Waals surface area (Å²) in [6.45, 7) is 0.271. The lowest BCUT2D eigenvalue weighted by Crippen LogP contribution is -2.69. The van der Waals surface area contributed by atoms with Crippen molar-refractivity contribution in [2.45, 2.75) is 28.2 Å². The first kappa shape index (κ1) is 35.8. The molecule has 0 saturated carbocycles. The number of β-lactam (4-membered cyclic amide) rings is 1. The van der Waals surface area contributed by atoms with Crippen molar-refractivity contribution in [3.8, 4) is 17.2 Å². The zero-order valence-corrected chi connectivity index (χ0v) is 28.5. The number of amides is 2. The lowest BCUT2D eigenvalue weighted by molar-refractivity contribution is -0.150. The third kappa shape index (κ3) is 8.41. The van der Waals surface area contributed by atoms with E-state index in [2.05, 4.69) is 14.5 Å².